The van der Waals surface area contributed by atoms with E-state index in [4.69, 9.17) is 0 Å². The molecule has 0 amide bonds. The van der Waals surface area contributed by atoms with E-state index >= 15 is 0 Å². The molecule has 0 unspecified atom stereocenters. The molecule has 1 aliphatic rings. The summed E-state index contributed by atoms with van der Waals surface area (Å²) in [6, 6.07) is 0. The fraction of sp³-hybridized carbons (Fsp3) is 0.846. The van der Waals surface area contributed by atoms with E-state index in [0.29, 0.717) is 0 Å². The van der Waals surface area contributed by atoms with Crippen LogP contribution in [0.5, 0.6) is 0 Å². The Morgan fingerprint density at radius 1 is 1.36 bits per heavy atom. The molecular weight excluding hydrogens is 172 g/mol. The lowest BCUT2D eigenvalue weighted by Gasteiger charge is -2.16. The first kappa shape index (κ1) is 11.8. The van der Waals surface area contributed by atoms with Gasteiger partial charge in [0.1, 0.15) is 0 Å². The third-order valence-corrected chi connectivity index (χ3v) is 3.58. The van der Waals surface area contributed by atoms with Crippen LogP contribution in [0.25, 0.3) is 0 Å². The summed E-state index contributed by atoms with van der Waals surface area (Å²) in [6.07, 6.45) is 8.23. The summed E-state index contributed by atoms with van der Waals surface area (Å²) >= 11 is 0. The maximum atomic E-state index is 9.91. The molecule has 0 radical (unpaired) electrons. The summed E-state index contributed by atoms with van der Waals surface area (Å²) < 4.78 is 0. The van der Waals surface area contributed by atoms with Crippen molar-refractivity contribution >= 4 is 0 Å². The van der Waals surface area contributed by atoms with Crippen LogP contribution in [0.15, 0.2) is 12.2 Å². The highest BCUT2D eigenvalue weighted by molar-refractivity contribution is 5.29. The molecule has 2 atom stereocenters. The molecule has 1 fully saturated rings. The second-order valence-corrected chi connectivity index (χ2v) is 4.92. The van der Waals surface area contributed by atoms with Crippen LogP contribution in [0, 0.1) is 5.41 Å². The Hall–Kier alpha value is -0.300. The number of aliphatic hydroxyl groups excluding tert-OH is 1. The largest absolute Gasteiger partial charge is 0.392 e. The Labute approximate surface area is 88.2 Å². The van der Waals surface area contributed by atoms with Crippen molar-refractivity contribution in [2.24, 2.45) is 5.41 Å². The summed E-state index contributed by atoms with van der Waals surface area (Å²) in [5.74, 6) is 0. The van der Waals surface area contributed by atoms with Crippen LogP contribution >= 0.6 is 0 Å². The molecule has 14 heavy (non-hydrogen) atoms. The monoisotopic (exact) mass is 196 g/mol. The maximum Gasteiger partial charge on any atom is 0.0633 e. The van der Waals surface area contributed by atoms with Gasteiger partial charge < -0.3 is 5.11 Å². The summed E-state index contributed by atoms with van der Waals surface area (Å²) in [6.45, 7) is 8.30. The van der Waals surface area contributed by atoms with Crippen molar-refractivity contribution in [1.82, 2.24) is 0 Å². The van der Waals surface area contributed by atoms with Gasteiger partial charge >= 0.3 is 0 Å². The minimum atomic E-state index is -0.142. The van der Waals surface area contributed by atoms with Gasteiger partial charge in [0, 0.05) is 5.41 Å². The van der Waals surface area contributed by atoms with Gasteiger partial charge in [-0.05, 0) is 12.8 Å². The Balaban J connectivity index is 2.04. The molecule has 0 aromatic rings. The third kappa shape index (κ3) is 2.84. The van der Waals surface area contributed by atoms with E-state index in [1.807, 2.05) is 0 Å². The van der Waals surface area contributed by atoms with Crippen LogP contribution in [-0.2, 0) is 0 Å². The Morgan fingerprint density at radius 2 is 1.93 bits per heavy atom. The number of hydrogen-bond donors (Lipinski definition) is 1. The van der Waals surface area contributed by atoms with E-state index in [0.717, 1.165) is 12.8 Å². The van der Waals surface area contributed by atoms with Crippen LogP contribution in [0.1, 0.15) is 58.8 Å². The molecule has 1 saturated carbocycles. The molecule has 82 valence electrons. The van der Waals surface area contributed by atoms with Crippen molar-refractivity contribution in [3.8, 4) is 0 Å². The first-order valence-electron chi connectivity index (χ1n) is 5.97. The lowest BCUT2D eigenvalue weighted by molar-refractivity contribution is 0.0983. The van der Waals surface area contributed by atoms with E-state index in [-0.39, 0.29) is 11.5 Å². The minimum Gasteiger partial charge on any atom is -0.392 e. The zero-order valence-corrected chi connectivity index (χ0v) is 9.68. The van der Waals surface area contributed by atoms with Gasteiger partial charge in [-0.3, -0.25) is 0 Å². The fourth-order valence-electron chi connectivity index (χ4n) is 2.01. The number of unbranched alkanes of at least 4 members (excludes halogenated alkanes) is 4. The molecule has 0 aromatic heterocycles. The molecule has 1 heteroatoms. The molecule has 1 aliphatic carbocycles. The summed E-state index contributed by atoms with van der Waals surface area (Å²) in [5, 5.41) is 9.91. The molecule has 0 saturated heterocycles. The Morgan fingerprint density at radius 3 is 2.43 bits per heavy atom. The Kier molecular flexibility index (Phi) is 4.18. The topological polar surface area (TPSA) is 20.2 Å². The first-order chi connectivity index (χ1) is 6.61. The average Bonchev–Trinajstić information content (AvgIpc) is 2.76. The number of hydrogen-bond acceptors (Lipinski definition) is 1. The zero-order chi connectivity index (χ0) is 10.6. The van der Waals surface area contributed by atoms with Gasteiger partial charge in [0.2, 0.25) is 0 Å². The molecular formula is C13H24O. The lowest BCUT2D eigenvalue weighted by atomic mass is 9.95. The SMILES string of the molecule is C=C1C[C@@]1(C)[C@@H](O)CCCCCCC. The van der Waals surface area contributed by atoms with Crippen molar-refractivity contribution in [1.29, 1.82) is 0 Å². The first-order valence-corrected chi connectivity index (χ1v) is 5.97. The normalized spacial score (nSPS) is 27.8. The highest BCUT2D eigenvalue weighted by Crippen LogP contribution is 2.54. The zero-order valence-electron chi connectivity index (χ0n) is 9.68. The van der Waals surface area contributed by atoms with Gasteiger partial charge in [-0.1, -0.05) is 58.1 Å². The number of aliphatic hydroxyl groups is 1. The van der Waals surface area contributed by atoms with Gasteiger partial charge in [-0.15, -0.1) is 0 Å². The van der Waals surface area contributed by atoms with E-state index in [9.17, 15) is 5.11 Å². The summed E-state index contributed by atoms with van der Waals surface area (Å²) in [4.78, 5) is 0. The highest BCUT2D eigenvalue weighted by atomic mass is 16.3. The molecule has 1 nitrogen and oxygen atoms in total. The molecule has 1 N–H and O–H groups in total. The molecule has 0 aromatic carbocycles. The summed E-state index contributed by atoms with van der Waals surface area (Å²) in [7, 11) is 0. The van der Waals surface area contributed by atoms with Crippen molar-refractivity contribution in [3.63, 3.8) is 0 Å². The van der Waals surface area contributed by atoms with Crippen LogP contribution in [0.3, 0.4) is 0 Å². The van der Waals surface area contributed by atoms with Crippen LogP contribution in [-0.4, -0.2) is 11.2 Å². The average molecular weight is 196 g/mol. The van der Waals surface area contributed by atoms with E-state index in [1.54, 1.807) is 0 Å². The third-order valence-electron chi connectivity index (χ3n) is 3.58. The van der Waals surface area contributed by atoms with Gasteiger partial charge in [-0.25, -0.2) is 0 Å². The van der Waals surface area contributed by atoms with E-state index in [2.05, 4.69) is 20.4 Å². The lowest BCUT2D eigenvalue weighted by Crippen LogP contribution is -2.18. The van der Waals surface area contributed by atoms with E-state index < -0.39 is 0 Å². The predicted molar refractivity (Wildman–Crippen MR) is 61.2 cm³/mol. The fourth-order valence-corrected chi connectivity index (χ4v) is 2.01. The predicted octanol–water partition coefficient (Wildman–Crippen LogP) is 3.67. The molecule has 1 rings (SSSR count). The van der Waals surface area contributed by atoms with Crippen LogP contribution in [0.4, 0.5) is 0 Å². The molecule has 0 aliphatic heterocycles. The van der Waals surface area contributed by atoms with Gasteiger partial charge in [0.15, 0.2) is 0 Å². The summed E-state index contributed by atoms with van der Waals surface area (Å²) in [5.41, 5.74) is 1.31. The second-order valence-electron chi connectivity index (χ2n) is 4.92. The second kappa shape index (κ2) is 4.97. The molecule has 0 heterocycles. The molecule has 0 spiro atoms. The standard InChI is InChI=1S/C13H24O/c1-4-5-6-7-8-9-12(14)13(3)10-11(13)2/h12,14H,2,4-10H2,1,3H3/t12-,13+/m0/s1. The van der Waals surface area contributed by atoms with Crippen molar-refractivity contribution in [2.45, 2.75) is 64.9 Å². The number of rotatable bonds is 7. The molecule has 0 bridgehead atoms. The highest BCUT2D eigenvalue weighted by Gasteiger charge is 2.47. The Bertz CT molecular complexity index is 197. The van der Waals surface area contributed by atoms with E-state index in [1.165, 1.54) is 37.7 Å². The van der Waals surface area contributed by atoms with Crippen LogP contribution < -0.4 is 0 Å². The van der Waals surface area contributed by atoms with Crippen LogP contribution in [0.2, 0.25) is 0 Å². The smallest absolute Gasteiger partial charge is 0.0633 e. The van der Waals surface area contributed by atoms with Crippen molar-refractivity contribution in [2.75, 3.05) is 0 Å². The minimum absolute atomic E-state index is 0.0742. The quantitative estimate of drug-likeness (QED) is 0.486. The van der Waals surface area contributed by atoms with Crippen molar-refractivity contribution in [3.05, 3.63) is 12.2 Å². The van der Waals surface area contributed by atoms with Crippen molar-refractivity contribution < 1.29 is 5.11 Å². The van der Waals surface area contributed by atoms with Gasteiger partial charge in [-0.2, -0.15) is 0 Å². The maximum absolute atomic E-state index is 9.91. The van der Waals surface area contributed by atoms with Gasteiger partial charge in [0.25, 0.3) is 0 Å². The van der Waals surface area contributed by atoms with Gasteiger partial charge in [0.05, 0.1) is 6.10 Å².